The molecule has 19 heavy (non-hydrogen) atoms. The molecule has 0 atom stereocenters. The van der Waals surface area contributed by atoms with Crippen molar-refractivity contribution in [3.63, 3.8) is 0 Å². The molecular formula is C14H16N2O3. The lowest BCUT2D eigenvalue weighted by Gasteiger charge is -2.13. The second kappa shape index (κ2) is 5.95. The number of hydrogen-bond acceptors (Lipinski definition) is 5. The summed E-state index contributed by atoms with van der Waals surface area (Å²) in [5.74, 6) is 1.81. The number of hydrogen-bond donors (Lipinski definition) is 1. The summed E-state index contributed by atoms with van der Waals surface area (Å²) >= 11 is 0. The summed E-state index contributed by atoms with van der Waals surface area (Å²) in [7, 11) is 3.15. The van der Waals surface area contributed by atoms with Crippen molar-refractivity contribution in [2.75, 3.05) is 20.0 Å². The van der Waals surface area contributed by atoms with Crippen LogP contribution in [0.25, 0.3) is 0 Å². The molecule has 0 unspecified atom stereocenters. The molecule has 0 aliphatic rings. The molecule has 0 radical (unpaired) electrons. The largest absolute Gasteiger partial charge is 0.493 e. The van der Waals surface area contributed by atoms with Gasteiger partial charge in [-0.1, -0.05) is 12.1 Å². The quantitative estimate of drug-likeness (QED) is 0.835. The third kappa shape index (κ3) is 2.88. The zero-order valence-electron chi connectivity index (χ0n) is 10.9. The fraction of sp³-hybridized carbons (Fsp3) is 0.214. The number of nitrogens with zero attached hydrogens (tertiary/aromatic N) is 1. The highest BCUT2D eigenvalue weighted by Crippen LogP contribution is 2.30. The number of nitrogen functional groups attached to an aromatic ring is 1. The zero-order valence-corrected chi connectivity index (χ0v) is 10.9. The van der Waals surface area contributed by atoms with Crippen molar-refractivity contribution < 1.29 is 14.2 Å². The lowest BCUT2D eigenvalue weighted by atomic mass is 10.3. The Balaban J connectivity index is 2.18. The highest BCUT2D eigenvalue weighted by atomic mass is 16.5. The Kier molecular flexibility index (Phi) is 4.07. The van der Waals surface area contributed by atoms with Crippen molar-refractivity contribution in [3.8, 4) is 17.2 Å². The maximum absolute atomic E-state index is 5.81. The van der Waals surface area contributed by atoms with Crippen LogP contribution in [0.15, 0.2) is 36.5 Å². The minimum Gasteiger partial charge on any atom is -0.493 e. The van der Waals surface area contributed by atoms with Gasteiger partial charge in [0.05, 0.1) is 19.9 Å². The van der Waals surface area contributed by atoms with Gasteiger partial charge >= 0.3 is 0 Å². The summed E-state index contributed by atoms with van der Waals surface area (Å²) in [6.07, 6.45) is 1.65. The van der Waals surface area contributed by atoms with Crippen LogP contribution >= 0.6 is 0 Å². The monoisotopic (exact) mass is 260 g/mol. The first-order valence-electron chi connectivity index (χ1n) is 5.79. The summed E-state index contributed by atoms with van der Waals surface area (Å²) in [5, 5.41) is 0. The van der Waals surface area contributed by atoms with Crippen molar-refractivity contribution in [2.24, 2.45) is 0 Å². The number of pyridine rings is 1. The number of para-hydroxylation sites is 2. The van der Waals surface area contributed by atoms with Gasteiger partial charge in [0, 0.05) is 12.3 Å². The summed E-state index contributed by atoms with van der Waals surface area (Å²) in [6, 6.07) is 9.04. The predicted octanol–water partition coefficient (Wildman–Crippen LogP) is 2.26. The molecule has 2 rings (SSSR count). The molecule has 2 N–H and O–H groups in total. The van der Waals surface area contributed by atoms with Gasteiger partial charge < -0.3 is 19.9 Å². The summed E-state index contributed by atoms with van der Waals surface area (Å²) in [6.45, 7) is 0.259. The number of methoxy groups -OCH3 is 2. The second-order valence-corrected chi connectivity index (χ2v) is 3.82. The third-order valence-electron chi connectivity index (χ3n) is 2.65. The average Bonchev–Trinajstić information content (AvgIpc) is 2.45. The van der Waals surface area contributed by atoms with E-state index in [2.05, 4.69) is 4.98 Å². The van der Waals surface area contributed by atoms with Gasteiger partial charge in [-0.3, -0.25) is 4.98 Å². The van der Waals surface area contributed by atoms with Crippen LogP contribution < -0.4 is 19.9 Å². The summed E-state index contributed by atoms with van der Waals surface area (Å²) in [5.41, 5.74) is 7.05. The van der Waals surface area contributed by atoms with E-state index in [4.69, 9.17) is 19.9 Å². The molecule has 2 aromatic rings. The van der Waals surface area contributed by atoms with Gasteiger partial charge in [0.1, 0.15) is 18.1 Å². The van der Waals surface area contributed by atoms with Gasteiger partial charge in [-0.2, -0.15) is 0 Å². The van der Waals surface area contributed by atoms with Crippen LogP contribution in [0.3, 0.4) is 0 Å². The van der Waals surface area contributed by atoms with E-state index in [0.29, 0.717) is 28.6 Å². The number of aromatic nitrogens is 1. The highest BCUT2D eigenvalue weighted by molar-refractivity contribution is 5.52. The highest BCUT2D eigenvalue weighted by Gasteiger charge is 2.12. The molecule has 0 aliphatic heterocycles. The summed E-state index contributed by atoms with van der Waals surface area (Å²) < 4.78 is 16.1. The SMILES string of the molecule is COc1ccnc(COc2ccccc2N)c1OC. The van der Waals surface area contributed by atoms with Gasteiger partial charge in [-0.25, -0.2) is 0 Å². The van der Waals surface area contributed by atoms with Crippen LogP contribution in [0.5, 0.6) is 17.2 Å². The average molecular weight is 260 g/mol. The van der Waals surface area contributed by atoms with Gasteiger partial charge in [0.2, 0.25) is 0 Å². The molecular weight excluding hydrogens is 244 g/mol. The number of benzene rings is 1. The lowest BCUT2D eigenvalue weighted by Crippen LogP contribution is -2.04. The molecule has 0 saturated carbocycles. The van der Waals surface area contributed by atoms with E-state index >= 15 is 0 Å². The van der Waals surface area contributed by atoms with Crippen LogP contribution in [0.2, 0.25) is 0 Å². The maximum Gasteiger partial charge on any atom is 0.185 e. The van der Waals surface area contributed by atoms with Crippen LogP contribution in [0.1, 0.15) is 5.69 Å². The fourth-order valence-corrected chi connectivity index (χ4v) is 1.71. The Bertz CT molecular complexity index is 558. The van der Waals surface area contributed by atoms with Crippen LogP contribution in [-0.4, -0.2) is 19.2 Å². The van der Waals surface area contributed by atoms with Crippen molar-refractivity contribution in [2.45, 2.75) is 6.61 Å². The van der Waals surface area contributed by atoms with Crippen molar-refractivity contribution in [1.29, 1.82) is 0 Å². The van der Waals surface area contributed by atoms with E-state index in [1.807, 2.05) is 18.2 Å². The van der Waals surface area contributed by atoms with E-state index in [1.165, 1.54) is 0 Å². The van der Waals surface area contributed by atoms with Gasteiger partial charge in [0.25, 0.3) is 0 Å². The molecule has 0 spiro atoms. The molecule has 1 aromatic heterocycles. The van der Waals surface area contributed by atoms with Crippen LogP contribution in [-0.2, 0) is 6.61 Å². The third-order valence-corrected chi connectivity index (χ3v) is 2.65. The first kappa shape index (κ1) is 13.0. The zero-order chi connectivity index (χ0) is 13.7. The number of ether oxygens (including phenoxy) is 3. The molecule has 0 fully saturated rings. The Labute approximate surface area is 111 Å². The molecule has 5 nitrogen and oxygen atoms in total. The molecule has 0 amide bonds. The standard InChI is InChI=1S/C14H16N2O3/c1-17-13-7-8-16-11(14(13)18-2)9-19-12-6-4-3-5-10(12)15/h3-8H,9,15H2,1-2H3. The van der Waals surface area contributed by atoms with Crippen molar-refractivity contribution in [1.82, 2.24) is 4.98 Å². The maximum atomic E-state index is 5.81. The first-order valence-corrected chi connectivity index (χ1v) is 5.79. The molecule has 1 heterocycles. The Hall–Kier alpha value is -2.43. The predicted molar refractivity (Wildman–Crippen MR) is 72.5 cm³/mol. The number of anilines is 1. The fourth-order valence-electron chi connectivity index (χ4n) is 1.71. The van der Waals surface area contributed by atoms with Gasteiger partial charge in [-0.15, -0.1) is 0 Å². The lowest BCUT2D eigenvalue weighted by molar-refractivity contribution is 0.286. The molecule has 0 bridgehead atoms. The van der Waals surface area contributed by atoms with Gasteiger partial charge in [0.15, 0.2) is 11.5 Å². The molecule has 0 aliphatic carbocycles. The van der Waals surface area contributed by atoms with Crippen molar-refractivity contribution in [3.05, 3.63) is 42.2 Å². The smallest absolute Gasteiger partial charge is 0.185 e. The first-order chi connectivity index (χ1) is 9.26. The minimum atomic E-state index is 0.259. The van der Waals surface area contributed by atoms with E-state index in [1.54, 1.807) is 32.5 Å². The molecule has 100 valence electrons. The normalized spacial score (nSPS) is 10.0. The topological polar surface area (TPSA) is 66.6 Å². The minimum absolute atomic E-state index is 0.259. The number of rotatable bonds is 5. The summed E-state index contributed by atoms with van der Waals surface area (Å²) in [4.78, 5) is 4.23. The van der Waals surface area contributed by atoms with E-state index in [9.17, 15) is 0 Å². The number of nitrogens with two attached hydrogens (primary N) is 1. The second-order valence-electron chi connectivity index (χ2n) is 3.82. The van der Waals surface area contributed by atoms with E-state index < -0.39 is 0 Å². The van der Waals surface area contributed by atoms with E-state index in [-0.39, 0.29) is 6.61 Å². The van der Waals surface area contributed by atoms with Crippen molar-refractivity contribution >= 4 is 5.69 Å². The molecule has 1 aromatic carbocycles. The van der Waals surface area contributed by atoms with Crippen LogP contribution in [0, 0.1) is 0 Å². The Morgan fingerprint density at radius 2 is 1.84 bits per heavy atom. The molecule has 0 saturated heterocycles. The van der Waals surface area contributed by atoms with E-state index in [0.717, 1.165) is 0 Å². The Morgan fingerprint density at radius 3 is 2.53 bits per heavy atom. The van der Waals surface area contributed by atoms with Gasteiger partial charge in [-0.05, 0) is 12.1 Å². The van der Waals surface area contributed by atoms with Crippen LogP contribution in [0.4, 0.5) is 5.69 Å². The molecule has 5 heteroatoms. The Morgan fingerprint density at radius 1 is 1.05 bits per heavy atom.